The second kappa shape index (κ2) is 4.41. The van der Waals surface area contributed by atoms with Crippen LogP contribution in [0.3, 0.4) is 0 Å². The van der Waals surface area contributed by atoms with Crippen LogP contribution < -0.4 is 11.4 Å². The lowest BCUT2D eigenvalue weighted by atomic mass is 10.0. The topological polar surface area (TPSA) is 76.7 Å². The summed E-state index contributed by atoms with van der Waals surface area (Å²) >= 11 is 0. The van der Waals surface area contributed by atoms with Crippen LogP contribution in [0.2, 0.25) is 0 Å². The molecule has 0 aromatic carbocycles. The molecule has 0 saturated heterocycles. The average molecular weight is 226 g/mol. The molecule has 0 aliphatic carbocycles. The number of H-pyrrole nitrogens is 1. The fraction of sp³-hybridized carbons (Fsp3) is 0.818. The average Bonchev–Trinajstić information content (AvgIpc) is 2.44. The first kappa shape index (κ1) is 13.0. The van der Waals surface area contributed by atoms with Gasteiger partial charge in [0.15, 0.2) is 5.82 Å². The van der Waals surface area contributed by atoms with Gasteiger partial charge in [0, 0.05) is 5.54 Å². The first-order valence-corrected chi connectivity index (χ1v) is 5.67. The van der Waals surface area contributed by atoms with Crippen molar-refractivity contribution in [2.75, 3.05) is 0 Å². The summed E-state index contributed by atoms with van der Waals surface area (Å²) in [6, 6.07) is -0.196. The normalized spacial score (nSPS) is 14.4. The summed E-state index contributed by atoms with van der Waals surface area (Å²) in [6.45, 7) is 10.1. The van der Waals surface area contributed by atoms with Gasteiger partial charge in [-0.15, -0.1) is 0 Å². The Kier molecular flexibility index (Phi) is 3.57. The fourth-order valence-corrected chi connectivity index (χ4v) is 1.82. The molecule has 0 amide bonds. The Morgan fingerprint density at radius 1 is 1.44 bits per heavy atom. The Morgan fingerprint density at radius 3 is 2.44 bits per heavy atom. The number of aromatic amines is 1. The highest BCUT2D eigenvalue weighted by Crippen LogP contribution is 2.20. The molecule has 1 aromatic heterocycles. The van der Waals surface area contributed by atoms with Crippen LogP contribution in [0.15, 0.2) is 4.79 Å². The standard InChI is InChI=1S/C11H22N4O/c1-7(2)6-8(12)9-13-14-10(16)15(9)11(3,4)5/h7-8H,6,12H2,1-5H3,(H,14,16)/t8-/m0/s1. The Bertz CT molecular complexity index is 397. The minimum absolute atomic E-state index is 0.193. The zero-order valence-electron chi connectivity index (χ0n) is 10.7. The maximum Gasteiger partial charge on any atom is 0.343 e. The molecule has 0 aliphatic heterocycles. The quantitative estimate of drug-likeness (QED) is 0.817. The number of nitrogens with two attached hydrogens (primary N) is 1. The monoisotopic (exact) mass is 226 g/mol. The number of aromatic nitrogens is 3. The van der Waals surface area contributed by atoms with E-state index >= 15 is 0 Å². The number of hydrogen-bond acceptors (Lipinski definition) is 3. The van der Waals surface area contributed by atoms with Crippen LogP contribution in [0.4, 0.5) is 0 Å². The van der Waals surface area contributed by atoms with Crippen LogP contribution in [-0.2, 0) is 5.54 Å². The van der Waals surface area contributed by atoms with Crippen molar-refractivity contribution in [1.82, 2.24) is 14.8 Å². The highest BCUT2D eigenvalue weighted by Gasteiger charge is 2.24. The van der Waals surface area contributed by atoms with Crippen LogP contribution in [0.5, 0.6) is 0 Å². The van der Waals surface area contributed by atoms with Crippen LogP contribution in [0.1, 0.15) is 52.9 Å². The summed E-state index contributed by atoms with van der Waals surface area (Å²) in [5.41, 5.74) is 5.57. The van der Waals surface area contributed by atoms with E-state index in [-0.39, 0.29) is 17.3 Å². The Balaban J connectivity index is 3.11. The first-order valence-electron chi connectivity index (χ1n) is 5.67. The molecule has 5 nitrogen and oxygen atoms in total. The first-order chi connectivity index (χ1) is 7.23. The maximum atomic E-state index is 11.7. The van der Waals surface area contributed by atoms with Crippen LogP contribution in [-0.4, -0.2) is 14.8 Å². The predicted octanol–water partition coefficient (Wildman–Crippen LogP) is 1.37. The molecule has 0 bridgehead atoms. The van der Waals surface area contributed by atoms with E-state index in [9.17, 15) is 4.79 Å². The zero-order chi connectivity index (χ0) is 12.5. The summed E-state index contributed by atoms with van der Waals surface area (Å²) < 4.78 is 1.64. The van der Waals surface area contributed by atoms with Crippen LogP contribution in [0.25, 0.3) is 0 Å². The van der Waals surface area contributed by atoms with E-state index in [0.717, 1.165) is 6.42 Å². The largest absolute Gasteiger partial charge is 0.343 e. The predicted molar refractivity (Wildman–Crippen MR) is 64.2 cm³/mol. The van der Waals surface area contributed by atoms with Crippen molar-refractivity contribution in [2.45, 2.75) is 52.6 Å². The van der Waals surface area contributed by atoms with Gasteiger partial charge >= 0.3 is 5.69 Å². The molecular formula is C11H22N4O. The lowest BCUT2D eigenvalue weighted by molar-refractivity contribution is 0.352. The minimum atomic E-state index is -0.298. The van der Waals surface area contributed by atoms with Crippen LogP contribution >= 0.6 is 0 Å². The van der Waals surface area contributed by atoms with E-state index in [4.69, 9.17) is 5.73 Å². The van der Waals surface area contributed by atoms with Gasteiger partial charge in [0.25, 0.3) is 0 Å². The van der Waals surface area contributed by atoms with Crippen molar-refractivity contribution in [3.63, 3.8) is 0 Å². The van der Waals surface area contributed by atoms with Gasteiger partial charge in [0.2, 0.25) is 0 Å². The van der Waals surface area contributed by atoms with E-state index in [1.54, 1.807) is 4.57 Å². The van der Waals surface area contributed by atoms with E-state index in [1.165, 1.54) is 0 Å². The van der Waals surface area contributed by atoms with Crippen molar-refractivity contribution in [3.05, 3.63) is 16.3 Å². The minimum Gasteiger partial charge on any atom is -0.321 e. The molecule has 92 valence electrons. The SMILES string of the molecule is CC(C)C[C@H](N)c1n[nH]c(=O)n1C(C)(C)C. The van der Waals surface area contributed by atoms with Crippen LogP contribution in [0, 0.1) is 5.92 Å². The maximum absolute atomic E-state index is 11.7. The smallest absolute Gasteiger partial charge is 0.321 e. The van der Waals surface area contributed by atoms with Crippen molar-refractivity contribution in [1.29, 1.82) is 0 Å². The molecule has 0 spiro atoms. The van der Waals surface area contributed by atoms with Gasteiger partial charge in [-0.25, -0.2) is 9.89 Å². The number of nitrogens with zero attached hydrogens (tertiary/aromatic N) is 2. The molecular weight excluding hydrogens is 204 g/mol. The van der Waals surface area contributed by atoms with E-state index in [2.05, 4.69) is 24.0 Å². The van der Waals surface area contributed by atoms with Gasteiger partial charge in [0.1, 0.15) is 0 Å². The molecule has 1 heterocycles. The van der Waals surface area contributed by atoms with E-state index < -0.39 is 0 Å². The van der Waals surface area contributed by atoms with Crippen molar-refractivity contribution >= 4 is 0 Å². The third kappa shape index (κ3) is 2.72. The molecule has 0 unspecified atom stereocenters. The fourth-order valence-electron chi connectivity index (χ4n) is 1.82. The van der Waals surface area contributed by atoms with E-state index in [0.29, 0.717) is 11.7 Å². The van der Waals surface area contributed by atoms with Gasteiger partial charge in [0.05, 0.1) is 6.04 Å². The van der Waals surface area contributed by atoms with Crippen molar-refractivity contribution < 1.29 is 0 Å². The summed E-state index contributed by atoms with van der Waals surface area (Å²) in [6.07, 6.45) is 0.820. The molecule has 0 saturated carbocycles. The summed E-state index contributed by atoms with van der Waals surface area (Å²) in [5, 5.41) is 6.51. The highest BCUT2D eigenvalue weighted by molar-refractivity contribution is 4.98. The highest BCUT2D eigenvalue weighted by atomic mass is 16.1. The zero-order valence-corrected chi connectivity index (χ0v) is 10.7. The summed E-state index contributed by atoms with van der Waals surface area (Å²) in [7, 11) is 0. The summed E-state index contributed by atoms with van der Waals surface area (Å²) in [5.74, 6) is 1.13. The lowest BCUT2D eigenvalue weighted by Crippen LogP contribution is -2.35. The van der Waals surface area contributed by atoms with Gasteiger partial charge in [-0.1, -0.05) is 13.8 Å². The van der Waals surface area contributed by atoms with Gasteiger partial charge < -0.3 is 5.73 Å². The number of nitrogens with one attached hydrogen (secondary N) is 1. The molecule has 3 N–H and O–H groups in total. The third-order valence-corrected chi connectivity index (χ3v) is 2.43. The van der Waals surface area contributed by atoms with Gasteiger partial charge in [-0.05, 0) is 33.1 Å². The van der Waals surface area contributed by atoms with Gasteiger partial charge in [-0.3, -0.25) is 4.57 Å². The molecule has 5 heteroatoms. The molecule has 1 atom stereocenters. The van der Waals surface area contributed by atoms with E-state index in [1.807, 2.05) is 20.8 Å². The molecule has 1 aromatic rings. The third-order valence-electron chi connectivity index (χ3n) is 2.43. The number of rotatable bonds is 3. The molecule has 16 heavy (non-hydrogen) atoms. The Hall–Kier alpha value is -1.10. The lowest BCUT2D eigenvalue weighted by Gasteiger charge is -2.24. The van der Waals surface area contributed by atoms with Gasteiger partial charge in [-0.2, -0.15) is 5.10 Å². The molecule has 0 fully saturated rings. The van der Waals surface area contributed by atoms with Crippen molar-refractivity contribution in [3.8, 4) is 0 Å². The summed E-state index contributed by atoms with van der Waals surface area (Å²) in [4.78, 5) is 11.7. The Morgan fingerprint density at radius 2 is 2.00 bits per heavy atom. The molecule has 0 radical (unpaired) electrons. The molecule has 1 rings (SSSR count). The number of hydrogen-bond donors (Lipinski definition) is 2. The molecule has 0 aliphatic rings. The van der Waals surface area contributed by atoms with Crippen molar-refractivity contribution in [2.24, 2.45) is 11.7 Å². The second-order valence-electron chi connectivity index (χ2n) is 5.63. The second-order valence-corrected chi connectivity index (χ2v) is 5.63. The Labute approximate surface area is 96.0 Å².